The molecule has 3 nitrogen and oxygen atoms in total. The summed E-state index contributed by atoms with van der Waals surface area (Å²) >= 11 is 0. The van der Waals surface area contributed by atoms with E-state index in [1.807, 2.05) is 6.92 Å². The van der Waals surface area contributed by atoms with Gasteiger partial charge < -0.3 is 9.64 Å². The number of hydrogen-bond acceptors (Lipinski definition) is 2. The second-order valence-electron chi connectivity index (χ2n) is 8.86. The zero-order valence-corrected chi connectivity index (χ0v) is 19.4. The summed E-state index contributed by atoms with van der Waals surface area (Å²) in [5, 5.41) is 0. The molecular formula is C25H49NO2. The van der Waals surface area contributed by atoms with Crippen molar-refractivity contribution in [2.45, 2.75) is 136 Å². The fraction of sp³-hybridized carbons (Fsp3) is 0.960. The predicted molar refractivity (Wildman–Crippen MR) is 121 cm³/mol. The van der Waals surface area contributed by atoms with Crippen LogP contribution in [0.25, 0.3) is 0 Å². The highest BCUT2D eigenvalue weighted by Crippen LogP contribution is 2.25. The number of ether oxygens (including phenoxy) is 1. The van der Waals surface area contributed by atoms with Crippen LogP contribution in [-0.2, 0) is 4.74 Å². The zero-order chi connectivity index (χ0) is 20.5. The third kappa shape index (κ3) is 11.3. The van der Waals surface area contributed by atoms with Gasteiger partial charge in [0.2, 0.25) is 0 Å². The van der Waals surface area contributed by atoms with Crippen molar-refractivity contribution in [3.05, 3.63) is 0 Å². The Hall–Kier alpha value is -0.730. The van der Waals surface area contributed by atoms with Crippen LogP contribution in [0.2, 0.25) is 0 Å². The van der Waals surface area contributed by atoms with Crippen LogP contribution in [0.3, 0.4) is 0 Å². The monoisotopic (exact) mass is 395 g/mol. The van der Waals surface area contributed by atoms with Crippen molar-refractivity contribution < 1.29 is 9.53 Å². The van der Waals surface area contributed by atoms with E-state index in [1.54, 1.807) is 0 Å². The number of amides is 1. The van der Waals surface area contributed by atoms with E-state index in [4.69, 9.17) is 4.74 Å². The lowest BCUT2D eigenvalue weighted by Crippen LogP contribution is -2.41. The number of carbonyl (C=O) groups excluding carboxylic acids is 1. The lowest BCUT2D eigenvalue weighted by Gasteiger charge is -2.32. The molecule has 1 aliphatic rings. The van der Waals surface area contributed by atoms with Crippen LogP contribution in [0.5, 0.6) is 0 Å². The van der Waals surface area contributed by atoms with E-state index in [2.05, 4.69) is 18.7 Å². The first-order valence-corrected chi connectivity index (χ1v) is 12.7. The van der Waals surface area contributed by atoms with E-state index in [1.165, 1.54) is 89.9 Å². The van der Waals surface area contributed by atoms with Crippen molar-refractivity contribution >= 4 is 6.09 Å². The van der Waals surface area contributed by atoms with E-state index in [0.29, 0.717) is 12.6 Å². The maximum Gasteiger partial charge on any atom is 0.409 e. The van der Waals surface area contributed by atoms with Crippen LogP contribution in [0.1, 0.15) is 130 Å². The highest BCUT2D eigenvalue weighted by Gasteiger charge is 2.24. The topological polar surface area (TPSA) is 29.5 Å². The van der Waals surface area contributed by atoms with Crippen LogP contribution in [0.15, 0.2) is 0 Å². The number of unbranched alkanes of at least 4 members (excludes halogenated alkanes) is 5. The summed E-state index contributed by atoms with van der Waals surface area (Å²) in [7, 11) is 0. The average Bonchev–Trinajstić information content (AvgIpc) is 2.69. The maximum atomic E-state index is 12.7. The molecule has 0 aromatic rings. The minimum atomic E-state index is -0.0698. The van der Waals surface area contributed by atoms with Gasteiger partial charge in [0.15, 0.2) is 0 Å². The van der Waals surface area contributed by atoms with Crippen molar-refractivity contribution in [3.63, 3.8) is 0 Å². The van der Waals surface area contributed by atoms with E-state index in [9.17, 15) is 4.79 Å². The van der Waals surface area contributed by atoms with Crippen LogP contribution in [-0.4, -0.2) is 30.2 Å². The predicted octanol–water partition coefficient (Wildman–Crippen LogP) is 8.11. The molecule has 0 aromatic carbocycles. The third-order valence-electron chi connectivity index (χ3n) is 6.57. The molecular weight excluding hydrogens is 346 g/mol. The van der Waals surface area contributed by atoms with Crippen molar-refractivity contribution in [1.82, 2.24) is 4.90 Å². The molecule has 1 fully saturated rings. The van der Waals surface area contributed by atoms with Gasteiger partial charge in [0, 0.05) is 12.6 Å². The highest BCUT2D eigenvalue weighted by molar-refractivity contribution is 5.68. The Morgan fingerprint density at radius 2 is 1.36 bits per heavy atom. The van der Waals surface area contributed by atoms with Crippen LogP contribution >= 0.6 is 0 Å². The van der Waals surface area contributed by atoms with Gasteiger partial charge >= 0.3 is 6.09 Å². The Labute approximate surface area is 176 Å². The Balaban J connectivity index is 2.59. The van der Waals surface area contributed by atoms with Gasteiger partial charge in [-0.1, -0.05) is 104 Å². The van der Waals surface area contributed by atoms with Gasteiger partial charge in [0.1, 0.15) is 0 Å². The van der Waals surface area contributed by atoms with Crippen LogP contribution in [0.4, 0.5) is 4.79 Å². The van der Waals surface area contributed by atoms with Gasteiger partial charge in [-0.2, -0.15) is 0 Å². The fourth-order valence-corrected chi connectivity index (χ4v) is 4.68. The molecule has 0 radical (unpaired) electrons. The van der Waals surface area contributed by atoms with Crippen molar-refractivity contribution in [3.8, 4) is 0 Å². The first-order chi connectivity index (χ1) is 13.7. The molecule has 166 valence electrons. The molecule has 1 amide bonds. The number of rotatable bonds is 10. The first-order valence-electron chi connectivity index (χ1n) is 12.7. The summed E-state index contributed by atoms with van der Waals surface area (Å²) in [6.45, 7) is 7.90. The van der Waals surface area contributed by atoms with Gasteiger partial charge in [-0.15, -0.1) is 0 Å². The molecule has 2 unspecified atom stereocenters. The zero-order valence-electron chi connectivity index (χ0n) is 19.4. The van der Waals surface area contributed by atoms with Gasteiger partial charge in [-0.05, 0) is 32.1 Å². The average molecular weight is 396 g/mol. The molecule has 0 spiro atoms. The van der Waals surface area contributed by atoms with Gasteiger partial charge in [-0.3, -0.25) is 0 Å². The Morgan fingerprint density at radius 1 is 0.786 bits per heavy atom. The summed E-state index contributed by atoms with van der Waals surface area (Å²) in [5.41, 5.74) is 0. The van der Waals surface area contributed by atoms with E-state index < -0.39 is 0 Å². The molecule has 28 heavy (non-hydrogen) atoms. The molecule has 0 aromatic heterocycles. The van der Waals surface area contributed by atoms with Gasteiger partial charge in [0.05, 0.1) is 6.61 Å². The van der Waals surface area contributed by atoms with Crippen molar-refractivity contribution in [2.24, 2.45) is 5.92 Å². The fourth-order valence-electron chi connectivity index (χ4n) is 4.68. The summed E-state index contributed by atoms with van der Waals surface area (Å²) in [6, 6.07) is 0.384. The molecule has 0 N–H and O–H groups in total. The maximum absolute atomic E-state index is 12.7. The molecule has 1 rings (SSSR count). The molecule has 2 atom stereocenters. The Morgan fingerprint density at radius 3 is 2.00 bits per heavy atom. The molecule has 0 heterocycles. The smallest absolute Gasteiger partial charge is 0.409 e. The largest absolute Gasteiger partial charge is 0.450 e. The number of hydrogen-bond donors (Lipinski definition) is 0. The lowest BCUT2D eigenvalue weighted by molar-refractivity contribution is 0.0831. The normalized spacial score (nSPS) is 22.1. The van der Waals surface area contributed by atoms with Crippen LogP contribution < -0.4 is 0 Å². The second kappa shape index (κ2) is 17.2. The third-order valence-corrected chi connectivity index (χ3v) is 6.57. The quantitative estimate of drug-likeness (QED) is 0.349. The minimum Gasteiger partial charge on any atom is -0.450 e. The Bertz CT molecular complexity index is 372. The molecule has 3 heteroatoms. The summed E-state index contributed by atoms with van der Waals surface area (Å²) in [4.78, 5) is 14.8. The molecule has 0 saturated heterocycles. The standard InChI is InChI=1S/C25H49NO2/c1-4-7-8-9-12-17-22-26(25(27)28-6-3)24-20-14-11-10-13-18-23(5-2)19-15-16-21-24/h23-24H,4-22H2,1-3H3. The van der Waals surface area contributed by atoms with E-state index in [-0.39, 0.29) is 6.09 Å². The molecule has 0 bridgehead atoms. The molecule has 1 saturated carbocycles. The second-order valence-corrected chi connectivity index (χ2v) is 8.86. The SMILES string of the molecule is CCCCCCCCN(C(=O)OCC)C1CCCCCCC(CC)CCCC1. The summed E-state index contributed by atoms with van der Waals surface area (Å²) in [5.74, 6) is 0.919. The van der Waals surface area contributed by atoms with E-state index >= 15 is 0 Å². The minimum absolute atomic E-state index is 0.0698. The number of nitrogens with zero attached hydrogens (tertiary/aromatic N) is 1. The number of carbonyl (C=O) groups is 1. The summed E-state index contributed by atoms with van der Waals surface area (Å²) < 4.78 is 5.45. The van der Waals surface area contributed by atoms with Crippen molar-refractivity contribution in [1.29, 1.82) is 0 Å². The molecule has 0 aliphatic heterocycles. The van der Waals surface area contributed by atoms with Gasteiger partial charge in [0.25, 0.3) is 0 Å². The lowest BCUT2D eigenvalue weighted by atomic mass is 9.90. The van der Waals surface area contributed by atoms with Gasteiger partial charge in [-0.25, -0.2) is 4.79 Å². The highest BCUT2D eigenvalue weighted by atomic mass is 16.6. The van der Waals surface area contributed by atoms with E-state index in [0.717, 1.165) is 31.7 Å². The summed E-state index contributed by atoms with van der Waals surface area (Å²) in [6.07, 6.45) is 21.9. The van der Waals surface area contributed by atoms with Crippen molar-refractivity contribution in [2.75, 3.05) is 13.2 Å². The Kier molecular flexibility index (Phi) is 15.5. The van der Waals surface area contributed by atoms with Crippen LogP contribution in [0, 0.1) is 5.92 Å². The first kappa shape index (κ1) is 25.3. The molecule has 1 aliphatic carbocycles.